The van der Waals surface area contributed by atoms with Crippen molar-refractivity contribution in [1.82, 2.24) is 0 Å². The number of hydrogen-bond acceptors (Lipinski definition) is 3. The molecule has 0 aliphatic carbocycles. The van der Waals surface area contributed by atoms with Gasteiger partial charge in [-0.2, -0.15) is 0 Å². The average Bonchev–Trinajstić information content (AvgIpc) is 3.14. The van der Waals surface area contributed by atoms with Crippen molar-refractivity contribution in [3.63, 3.8) is 0 Å². The number of anilines is 1. The molecule has 0 amide bonds. The molecule has 1 aromatic heterocycles. The highest BCUT2D eigenvalue weighted by molar-refractivity contribution is 7.10. The Hall–Kier alpha value is -2.07. The van der Waals surface area contributed by atoms with Crippen LogP contribution in [0.15, 0.2) is 47.9 Å². The van der Waals surface area contributed by atoms with E-state index in [-0.39, 0.29) is 6.42 Å². The summed E-state index contributed by atoms with van der Waals surface area (Å²) >= 11 is 1.79. The minimum absolute atomic E-state index is 0.0874. The van der Waals surface area contributed by atoms with E-state index in [0.29, 0.717) is 0 Å². The number of unbranched alkanes of at least 4 members (excludes halogenated alkanes) is 6. The van der Waals surface area contributed by atoms with E-state index in [2.05, 4.69) is 35.0 Å². The third-order valence-corrected chi connectivity index (χ3v) is 5.10. The number of thiophene rings is 1. The molecule has 1 aromatic carbocycles. The van der Waals surface area contributed by atoms with Crippen LogP contribution in [-0.4, -0.2) is 17.6 Å². The fourth-order valence-corrected chi connectivity index (χ4v) is 3.47. The Morgan fingerprint density at radius 3 is 2.42 bits per heavy atom. The van der Waals surface area contributed by atoms with Gasteiger partial charge in [-0.3, -0.25) is 4.79 Å². The standard InChI is InChI=1S/C22H29NO2S/c24-22(25)18-19-12-14-20(15-13-19)23-16-8-6-4-2-1-3-5-7-10-21-11-9-17-26-21/h7,9-15,17,23H,1-6,8,16,18H2,(H,24,25). The van der Waals surface area contributed by atoms with Gasteiger partial charge in [0.05, 0.1) is 6.42 Å². The fraction of sp³-hybridized carbons (Fsp3) is 0.409. The predicted octanol–water partition coefficient (Wildman–Crippen LogP) is 6.23. The minimum atomic E-state index is -0.788. The smallest absolute Gasteiger partial charge is 0.307 e. The molecule has 0 atom stereocenters. The van der Waals surface area contributed by atoms with Gasteiger partial charge in [0.1, 0.15) is 0 Å². The van der Waals surface area contributed by atoms with E-state index in [1.165, 1.54) is 49.8 Å². The van der Waals surface area contributed by atoms with Gasteiger partial charge in [-0.15, -0.1) is 11.3 Å². The zero-order valence-electron chi connectivity index (χ0n) is 15.3. The number of aliphatic carboxylic acids is 1. The summed E-state index contributed by atoms with van der Waals surface area (Å²) in [5, 5.41) is 14.3. The van der Waals surface area contributed by atoms with Gasteiger partial charge in [-0.1, -0.05) is 50.0 Å². The molecule has 0 fully saturated rings. The summed E-state index contributed by atoms with van der Waals surface area (Å²) in [4.78, 5) is 12.0. The van der Waals surface area contributed by atoms with Crippen molar-refractivity contribution in [2.45, 2.75) is 51.4 Å². The van der Waals surface area contributed by atoms with Gasteiger partial charge in [-0.25, -0.2) is 0 Å². The van der Waals surface area contributed by atoms with Crippen molar-refractivity contribution in [2.24, 2.45) is 0 Å². The van der Waals surface area contributed by atoms with E-state index in [4.69, 9.17) is 5.11 Å². The second-order valence-electron chi connectivity index (χ2n) is 6.52. The molecule has 4 heteroatoms. The summed E-state index contributed by atoms with van der Waals surface area (Å²) in [6.07, 6.45) is 13.4. The number of carboxylic acid groups (broad SMARTS) is 1. The molecule has 3 nitrogen and oxygen atoms in total. The summed E-state index contributed by atoms with van der Waals surface area (Å²) in [5.41, 5.74) is 1.91. The van der Waals surface area contributed by atoms with Crippen LogP contribution in [0.2, 0.25) is 0 Å². The van der Waals surface area contributed by atoms with Crippen molar-refractivity contribution < 1.29 is 9.90 Å². The number of carboxylic acids is 1. The molecule has 2 N–H and O–H groups in total. The highest BCUT2D eigenvalue weighted by Gasteiger charge is 2.00. The van der Waals surface area contributed by atoms with Crippen molar-refractivity contribution in [1.29, 1.82) is 0 Å². The number of allylic oxidation sites excluding steroid dienone is 1. The van der Waals surface area contributed by atoms with Crippen LogP contribution < -0.4 is 5.32 Å². The lowest BCUT2D eigenvalue weighted by molar-refractivity contribution is -0.136. The second kappa shape index (κ2) is 12.3. The second-order valence-corrected chi connectivity index (χ2v) is 7.50. The Morgan fingerprint density at radius 2 is 1.73 bits per heavy atom. The lowest BCUT2D eigenvalue weighted by Gasteiger charge is -2.07. The number of rotatable bonds is 13. The van der Waals surface area contributed by atoms with Gasteiger partial charge in [0.25, 0.3) is 0 Å². The molecule has 2 rings (SSSR count). The van der Waals surface area contributed by atoms with Crippen molar-refractivity contribution in [3.05, 3.63) is 58.3 Å². The molecular weight excluding hydrogens is 342 g/mol. The minimum Gasteiger partial charge on any atom is -0.481 e. The Morgan fingerprint density at radius 1 is 1.00 bits per heavy atom. The molecule has 1 heterocycles. The predicted molar refractivity (Wildman–Crippen MR) is 112 cm³/mol. The van der Waals surface area contributed by atoms with Crippen LogP contribution in [0.4, 0.5) is 5.69 Å². The number of hydrogen-bond donors (Lipinski definition) is 2. The molecule has 0 radical (unpaired) electrons. The normalized spacial score (nSPS) is 11.1. The lowest BCUT2D eigenvalue weighted by atomic mass is 10.1. The van der Waals surface area contributed by atoms with Gasteiger partial charge in [0.15, 0.2) is 0 Å². The highest BCUT2D eigenvalue weighted by atomic mass is 32.1. The van der Waals surface area contributed by atoms with Gasteiger partial charge in [0, 0.05) is 17.1 Å². The van der Waals surface area contributed by atoms with E-state index >= 15 is 0 Å². The van der Waals surface area contributed by atoms with Crippen LogP contribution >= 0.6 is 11.3 Å². The molecule has 2 aromatic rings. The molecule has 0 saturated heterocycles. The molecule has 0 spiro atoms. The Balaban J connectivity index is 1.42. The lowest BCUT2D eigenvalue weighted by Crippen LogP contribution is -2.03. The van der Waals surface area contributed by atoms with Crippen LogP contribution in [0, 0.1) is 0 Å². The van der Waals surface area contributed by atoms with Crippen molar-refractivity contribution in [2.75, 3.05) is 11.9 Å². The summed E-state index contributed by atoms with van der Waals surface area (Å²) in [7, 11) is 0. The van der Waals surface area contributed by atoms with E-state index in [1.807, 2.05) is 24.3 Å². The van der Waals surface area contributed by atoms with Gasteiger partial charge in [-0.05, 0) is 54.5 Å². The first kappa shape index (κ1) is 20.2. The largest absolute Gasteiger partial charge is 0.481 e. The van der Waals surface area contributed by atoms with Gasteiger partial charge in [0.2, 0.25) is 0 Å². The van der Waals surface area contributed by atoms with Crippen molar-refractivity contribution >= 4 is 29.1 Å². The third-order valence-electron chi connectivity index (χ3n) is 4.26. The monoisotopic (exact) mass is 371 g/mol. The molecule has 0 bridgehead atoms. The first-order valence-corrected chi connectivity index (χ1v) is 10.4. The maximum absolute atomic E-state index is 10.7. The maximum Gasteiger partial charge on any atom is 0.307 e. The number of carbonyl (C=O) groups is 1. The van der Waals surface area contributed by atoms with E-state index in [9.17, 15) is 4.79 Å². The molecule has 0 unspecified atom stereocenters. The first-order chi connectivity index (χ1) is 12.7. The summed E-state index contributed by atoms with van der Waals surface area (Å²) in [6.45, 7) is 0.974. The Bertz CT molecular complexity index is 647. The van der Waals surface area contributed by atoms with Crippen molar-refractivity contribution in [3.8, 4) is 0 Å². The molecular formula is C22H29NO2S. The topological polar surface area (TPSA) is 49.3 Å². The highest BCUT2D eigenvalue weighted by Crippen LogP contribution is 2.13. The fourth-order valence-electron chi connectivity index (χ4n) is 2.83. The van der Waals surface area contributed by atoms with Gasteiger partial charge < -0.3 is 10.4 Å². The summed E-state index contributed by atoms with van der Waals surface area (Å²) in [5.74, 6) is -0.788. The van der Waals surface area contributed by atoms with Crippen LogP contribution in [0.3, 0.4) is 0 Å². The molecule has 0 aliphatic rings. The third kappa shape index (κ3) is 8.86. The van der Waals surface area contributed by atoms with E-state index < -0.39 is 5.97 Å². The van der Waals surface area contributed by atoms with Gasteiger partial charge >= 0.3 is 5.97 Å². The molecule has 0 aliphatic heterocycles. The quantitative estimate of drug-likeness (QED) is 0.410. The summed E-state index contributed by atoms with van der Waals surface area (Å²) in [6, 6.07) is 11.9. The van der Waals surface area contributed by atoms with Crippen LogP contribution in [0.1, 0.15) is 55.4 Å². The average molecular weight is 372 g/mol. The maximum atomic E-state index is 10.7. The molecule has 26 heavy (non-hydrogen) atoms. The van der Waals surface area contributed by atoms with Crippen LogP contribution in [-0.2, 0) is 11.2 Å². The SMILES string of the molecule is O=C(O)Cc1ccc(NCCCCCCCCC=Cc2cccs2)cc1. The van der Waals surface area contributed by atoms with E-state index in [0.717, 1.165) is 17.8 Å². The van der Waals surface area contributed by atoms with E-state index in [1.54, 1.807) is 11.3 Å². The van der Waals surface area contributed by atoms with Crippen LogP contribution in [0.5, 0.6) is 0 Å². The number of nitrogens with one attached hydrogen (secondary N) is 1. The Kier molecular flexibility index (Phi) is 9.59. The zero-order chi connectivity index (χ0) is 18.5. The zero-order valence-corrected chi connectivity index (χ0v) is 16.1. The molecule has 0 saturated carbocycles. The van der Waals surface area contributed by atoms with Crippen LogP contribution in [0.25, 0.3) is 6.08 Å². The number of benzene rings is 1. The molecule has 140 valence electrons. The first-order valence-electron chi connectivity index (χ1n) is 9.49. The summed E-state index contributed by atoms with van der Waals surface area (Å²) < 4.78 is 0. The Labute approximate surface area is 160 Å².